The van der Waals surface area contributed by atoms with Crippen molar-refractivity contribution in [1.29, 1.82) is 0 Å². The minimum atomic E-state index is -4.36. The molecular weight excluding hydrogens is 362 g/mol. The second-order valence-corrected chi connectivity index (χ2v) is 6.51. The molecule has 0 fully saturated rings. The van der Waals surface area contributed by atoms with Gasteiger partial charge in [-0.15, -0.1) is 0 Å². The van der Waals surface area contributed by atoms with E-state index in [0.717, 1.165) is 18.2 Å². The zero-order valence-electron chi connectivity index (χ0n) is 13.4. The molecule has 8 nitrogen and oxygen atoms in total. The van der Waals surface area contributed by atoms with E-state index in [1.54, 1.807) is 0 Å². The standard InChI is InChI=1S/C17H15NO7S/c1-25-14-8-6-11(7-9-16(19)20)10-15(14)26(23,24)18-13-5-3-2-4-12(13)17(21)22/h2-10,21-22H,1H3,(H,19,20)/p-3. The monoisotopic (exact) mass is 374 g/mol. The highest BCUT2D eigenvalue weighted by Gasteiger charge is 2.20. The van der Waals surface area contributed by atoms with Gasteiger partial charge in [-0.2, -0.15) is 18.8 Å². The molecule has 1 aromatic carbocycles. The number of carbonyl (C=O) groups excluding carboxylic acids is 1. The zero-order valence-corrected chi connectivity index (χ0v) is 14.2. The van der Waals surface area contributed by atoms with Crippen LogP contribution in [0.1, 0.15) is 5.56 Å². The van der Waals surface area contributed by atoms with Crippen LogP contribution in [0.5, 0.6) is 5.75 Å². The van der Waals surface area contributed by atoms with Crippen LogP contribution < -0.4 is 20.1 Å². The highest BCUT2D eigenvalue weighted by molar-refractivity contribution is 7.90. The molecule has 0 aromatic heterocycles. The van der Waals surface area contributed by atoms with Crippen molar-refractivity contribution < 1.29 is 33.3 Å². The van der Waals surface area contributed by atoms with Crippen molar-refractivity contribution in [3.63, 3.8) is 0 Å². The van der Waals surface area contributed by atoms with Crippen LogP contribution in [0.4, 0.5) is 0 Å². The fourth-order valence-corrected chi connectivity index (χ4v) is 3.27. The average molecular weight is 374 g/mol. The Hall–Kier alpha value is -3.33. The molecule has 0 spiro atoms. The van der Waals surface area contributed by atoms with Crippen molar-refractivity contribution in [2.24, 2.45) is 4.40 Å². The summed E-state index contributed by atoms with van der Waals surface area (Å²) in [6.07, 6.45) is 7.10. The summed E-state index contributed by atoms with van der Waals surface area (Å²) in [5.41, 5.74) is -0.440. The van der Waals surface area contributed by atoms with Crippen molar-refractivity contribution in [3.8, 4) is 5.75 Å². The van der Waals surface area contributed by atoms with Gasteiger partial charge < -0.3 is 24.9 Å². The number of hydrogen-bond donors (Lipinski definition) is 0. The molecule has 0 atom stereocenters. The van der Waals surface area contributed by atoms with Crippen LogP contribution in [0.25, 0.3) is 6.08 Å². The quantitative estimate of drug-likeness (QED) is 0.458. The Morgan fingerprint density at radius 2 is 1.85 bits per heavy atom. The van der Waals surface area contributed by atoms with Gasteiger partial charge in [0.15, 0.2) is 0 Å². The van der Waals surface area contributed by atoms with Crippen LogP contribution >= 0.6 is 0 Å². The summed E-state index contributed by atoms with van der Waals surface area (Å²) in [4.78, 5) is 10.1. The Kier molecular flexibility index (Phi) is 5.63. The van der Waals surface area contributed by atoms with Gasteiger partial charge in [-0.05, 0) is 35.4 Å². The molecule has 26 heavy (non-hydrogen) atoms. The maximum Gasteiger partial charge on any atom is 0.286 e. The predicted molar refractivity (Wildman–Crippen MR) is 87.0 cm³/mol. The van der Waals surface area contributed by atoms with E-state index in [1.807, 2.05) is 0 Å². The SMILES string of the molecule is COc1ccc(C=CC(=O)[O-])cc1S(=O)(=O)N=C1C=CC=CC1=C([O-])[O-]. The van der Waals surface area contributed by atoms with Gasteiger partial charge in [0.25, 0.3) is 10.0 Å². The summed E-state index contributed by atoms with van der Waals surface area (Å²) in [5, 5.41) is 32.7. The van der Waals surface area contributed by atoms with Gasteiger partial charge in [-0.1, -0.05) is 30.4 Å². The summed E-state index contributed by atoms with van der Waals surface area (Å²) in [7, 11) is -3.11. The third-order valence-electron chi connectivity index (χ3n) is 3.22. The highest BCUT2D eigenvalue weighted by Crippen LogP contribution is 2.28. The Morgan fingerprint density at radius 3 is 2.46 bits per heavy atom. The Labute approximate surface area is 149 Å². The van der Waals surface area contributed by atoms with Gasteiger partial charge in [0.05, 0.1) is 18.8 Å². The number of benzene rings is 1. The van der Waals surface area contributed by atoms with Crippen LogP contribution in [0.15, 0.2) is 69.4 Å². The molecule has 136 valence electrons. The first kappa shape index (κ1) is 19.0. The van der Waals surface area contributed by atoms with E-state index in [4.69, 9.17) is 4.74 Å². The van der Waals surface area contributed by atoms with Crippen LogP contribution in [-0.4, -0.2) is 27.2 Å². The first-order valence-corrected chi connectivity index (χ1v) is 8.54. The minimum Gasteiger partial charge on any atom is -0.883 e. The Morgan fingerprint density at radius 1 is 1.15 bits per heavy atom. The van der Waals surface area contributed by atoms with Crippen molar-refractivity contribution in [3.05, 3.63) is 65.7 Å². The number of rotatable bonds is 5. The van der Waals surface area contributed by atoms with E-state index >= 15 is 0 Å². The average Bonchev–Trinajstić information content (AvgIpc) is 2.59. The minimum absolute atomic E-state index is 0.0368. The van der Waals surface area contributed by atoms with Crippen LogP contribution in [-0.2, 0) is 14.8 Å². The van der Waals surface area contributed by atoms with Crippen LogP contribution in [0, 0.1) is 0 Å². The fraction of sp³-hybridized carbons (Fsp3) is 0.0588. The topological polar surface area (TPSA) is 142 Å². The number of allylic oxidation sites excluding steroid dienone is 5. The summed E-state index contributed by atoms with van der Waals surface area (Å²) >= 11 is 0. The molecule has 9 heteroatoms. The molecule has 1 aliphatic rings. The molecule has 0 heterocycles. The fourth-order valence-electron chi connectivity index (χ4n) is 2.07. The second kappa shape index (κ2) is 7.70. The number of carbonyl (C=O) groups is 1. The normalized spacial score (nSPS) is 15.6. The number of nitrogens with zero attached hydrogens (tertiary/aromatic N) is 1. The maximum absolute atomic E-state index is 12.6. The summed E-state index contributed by atoms with van der Waals surface area (Å²) in [6, 6.07) is 3.91. The number of carboxylic acids is 1. The van der Waals surface area contributed by atoms with E-state index in [2.05, 4.69) is 4.40 Å². The highest BCUT2D eigenvalue weighted by atomic mass is 32.2. The van der Waals surface area contributed by atoms with E-state index < -0.39 is 21.9 Å². The lowest BCUT2D eigenvalue weighted by atomic mass is 10.1. The van der Waals surface area contributed by atoms with Crippen LogP contribution in [0.3, 0.4) is 0 Å². The molecule has 0 saturated heterocycles. The van der Waals surface area contributed by atoms with Gasteiger partial charge in [0.1, 0.15) is 10.6 Å². The number of ether oxygens (including phenoxy) is 1. The first-order chi connectivity index (χ1) is 12.2. The van der Waals surface area contributed by atoms with Crippen molar-refractivity contribution >= 4 is 27.8 Å². The number of aliphatic carboxylic acids is 1. The maximum atomic E-state index is 12.6. The van der Waals surface area contributed by atoms with E-state index in [-0.39, 0.29) is 27.5 Å². The van der Waals surface area contributed by atoms with Crippen molar-refractivity contribution in [2.75, 3.05) is 7.11 Å². The second-order valence-electron chi connectivity index (χ2n) is 4.93. The smallest absolute Gasteiger partial charge is 0.286 e. The number of hydrogen-bond acceptors (Lipinski definition) is 7. The summed E-state index contributed by atoms with van der Waals surface area (Å²) < 4.78 is 33.8. The predicted octanol–water partition coefficient (Wildman–Crippen LogP) is -1.35. The van der Waals surface area contributed by atoms with Crippen LogP contribution in [0.2, 0.25) is 0 Å². The lowest BCUT2D eigenvalue weighted by Gasteiger charge is -2.23. The molecular formula is C17H12NO7S-3. The van der Waals surface area contributed by atoms with E-state index in [1.165, 1.54) is 43.5 Å². The molecule has 1 aromatic rings. The zero-order chi connectivity index (χ0) is 19.3. The summed E-state index contributed by atoms with van der Waals surface area (Å²) in [5.74, 6) is -3.06. The lowest BCUT2D eigenvalue weighted by Crippen LogP contribution is -2.24. The number of methoxy groups -OCH3 is 1. The molecule has 0 saturated carbocycles. The lowest BCUT2D eigenvalue weighted by molar-refractivity contribution is -0.513. The van der Waals surface area contributed by atoms with Crippen molar-refractivity contribution in [2.45, 2.75) is 4.90 Å². The van der Waals surface area contributed by atoms with Gasteiger partial charge in [0, 0.05) is 0 Å². The molecule has 0 radical (unpaired) electrons. The van der Waals surface area contributed by atoms with Gasteiger partial charge in [-0.3, -0.25) is 0 Å². The van der Waals surface area contributed by atoms with E-state index in [0.29, 0.717) is 0 Å². The van der Waals surface area contributed by atoms with Gasteiger partial charge in [0.2, 0.25) is 0 Å². The third-order valence-corrected chi connectivity index (χ3v) is 4.53. The van der Waals surface area contributed by atoms with E-state index in [9.17, 15) is 28.5 Å². The third kappa shape index (κ3) is 4.39. The number of sulfonamides is 1. The molecule has 1 aliphatic carbocycles. The van der Waals surface area contributed by atoms with Gasteiger partial charge >= 0.3 is 0 Å². The first-order valence-electron chi connectivity index (χ1n) is 7.10. The molecule has 0 unspecified atom stereocenters. The molecule has 0 aliphatic heterocycles. The molecule has 0 amide bonds. The Balaban J connectivity index is 2.58. The van der Waals surface area contributed by atoms with Crippen molar-refractivity contribution in [1.82, 2.24) is 0 Å². The summed E-state index contributed by atoms with van der Waals surface area (Å²) in [6.45, 7) is 0. The largest absolute Gasteiger partial charge is 0.883 e. The molecule has 0 N–H and O–H groups in total. The number of carboxylic acid groups (broad SMARTS) is 1. The Bertz CT molecular complexity index is 978. The molecule has 2 rings (SSSR count). The van der Waals surface area contributed by atoms with Gasteiger partial charge in [-0.25, -0.2) is 0 Å². The molecule has 0 bridgehead atoms.